The van der Waals surface area contributed by atoms with Crippen LogP contribution in [0.3, 0.4) is 0 Å². The molecule has 0 bridgehead atoms. The van der Waals surface area contributed by atoms with Gasteiger partial charge in [-0.2, -0.15) is 0 Å². The SMILES string of the molecule is CC1(C)C2CC=C3C(CC[C@@]4(C)C5C[C@](C)(C(=O)O)CC[C@]5(C)CC[C@]34C)[C@@]2(C)CCC1(O)O. The molecule has 4 nitrogen and oxygen atoms in total. The maximum Gasteiger partial charge on any atom is 0.309 e. The highest BCUT2D eigenvalue weighted by Gasteiger charge is 2.69. The number of aliphatic carboxylic acids is 1. The summed E-state index contributed by atoms with van der Waals surface area (Å²) in [6.45, 7) is 16.0. The summed E-state index contributed by atoms with van der Waals surface area (Å²) < 4.78 is 0. The molecule has 0 spiro atoms. The maximum absolute atomic E-state index is 12.3. The van der Waals surface area contributed by atoms with E-state index >= 15 is 0 Å². The normalized spacial score (nSPS) is 53.4. The number of carbonyl (C=O) groups is 1. The molecule has 0 aliphatic heterocycles. The Morgan fingerprint density at radius 3 is 2.15 bits per heavy atom. The van der Waals surface area contributed by atoms with Gasteiger partial charge in [0.1, 0.15) is 0 Å². The zero-order valence-electron chi connectivity index (χ0n) is 22.6. The summed E-state index contributed by atoms with van der Waals surface area (Å²) in [4.78, 5) is 12.3. The van der Waals surface area contributed by atoms with Gasteiger partial charge in [-0.25, -0.2) is 0 Å². The van der Waals surface area contributed by atoms with Crippen LogP contribution >= 0.6 is 0 Å². The van der Waals surface area contributed by atoms with Crippen LogP contribution < -0.4 is 0 Å². The van der Waals surface area contributed by atoms with E-state index in [0.29, 0.717) is 18.3 Å². The molecule has 8 atom stereocenters. The highest BCUT2D eigenvalue weighted by molar-refractivity contribution is 5.74. The van der Waals surface area contributed by atoms with Crippen molar-refractivity contribution in [3.63, 3.8) is 0 Å². The zero-order valence-corrected chi connectivity index (χ0v) is 22.6. The van der Waals surface area contributed by atoms with Crippen molar-refractivity contribution in [2.45, 2.75) is 118 Å². The first-order valence-corrected chi connectivity index (χ1v) is 13.9. The maximum atomic E-state index is 12.3. The molecular weight excluding hydrogens is 424 g/mol. The summed E-state index contributed by atoms with van der Waals surface area (Å²) in [5, 5.41) is 31.8. The van der Waals surface area contributed by atoms with Crippen molar-refractivity contribution < 1.29 is 20.1 Å². The molecule has 3 N–H and O–H groups in total. The molecule has 5 aliphatic carbocycles. The topological polar surface area (TPSA) is 77.8 Å². The summed E-state index contributed by atoms with van der Waals surface area (Å²) in [6.07, 6.45) is 12.0. The quantitative estimate of drug-likeness (QED) is 0.298. The highest BCUT2D eigenvalue weighted by Crippen LogP contribution is 2.76. The Labute approximate surface area is 206 Å². The molecule has 0 radical (unpaired) electrons. The van der Waals surface area contributed by atoms with E-state index in [1.54, 1.807) is 5.57 Å². The number of hydrogen-bond donors (Lipinski definition) is 3. The summed E-state index contributed by atoms with van der Waals surface area (Å²) in [6, 6.07) is 0. The summed E-state index contributed by atoms with van der Waals surface area (Å²) in [7, 11) is 0. The molecule has 3 unspecified atom stereocenters. The monoisotopic (exact) mass is 472 g/mol. The largest absolute Gasteiger partial charge is 0.481 e. The van der Waals surface area contributed by atoms with Crippen LogP contribution in [0.15, 0.2) is 11.6 Å². The van der Waals surface area contributed by atoms with Crippen molar-refractivity contribution in [3.05, 3.63) is 11.6 Å². The Balaban J connectivity index is 1.56. The summed E-state index contributed by atoms with van der Waals surface area (Å²) in [5.74, 6) is -1.06. The van der Waals surface area contributed by atoms with Crippen molar-refractivity contribution in [2.24, 2.45) is 50.2 Å². The van der Waals surface area contributed by atoms with Crippen molar-refractivity contribution in [2.75, 3.05) is 0 Å². The molecule has 192 valence electrons. The second-order valence-corrected chi connectivity index (χ2v) is 15.1. The van der Waals surface area contributed by atoms with Crippen molar-refractivity contribution in [1.82, 2.24) is 0 Å². The van der Waals surface area contributed by atoms with E-state index < -0.39 is 22.6 Å². The summed E-state index contributed by atoms with van der Waals surface area (Å²) >= 11 is 0. The van der Waals surface area contributed by atoms with E-state index in [9.17, 15) is 20.1 Å². The molecule has 4 fully saturated rings. The van der Waals surface area contributed by atoms with Gasteiger partial charge in [-0.1, -0.05) is 53.2 Å². The number of allylic oxidation sites excluding steroid dienone is 2. The van der Waals surface area contributed by atoms with Crippen LogP contribution in [-0.4, -0.2) is 27.1 Å². The van der Waals surface area contributed by atoms with Gasteiger partial charge in [-0.3, -0.25) is 4.79 Å². The molecule has 0 saturated heterocycles. The lowest BCUT2D eigenvalue weighted by Crippen LogP contribution is -2.65. The number of hydrogen-bond acceptors (Lipinski definition) is 3. The first kappa shape index (κ1) is 24.8. The molecular formula is C30H48O4. The lowest BCUT2D eigenvalue weighted by molar-refractivity contribution is -0.296. The third-order valence-electron chi connectivity index (χ3n) is 13.5. The predicted molar refractivity (Wildman–Crippen MR) is 134 cm³/mol. The molecule has 0 aromatic carbocycles. The smallest absolute Gasteiger partial charge is 0.309 e. The molecule has 0 aromatic heterocycles. The van der Waals surface area contributed by atoms with Gasteiger partial charge in [0, 0.05) is 11.8 Å². The van der Waals surface area contributed by atoms with Gasteiger partial charge in [-0.15, -0.1) is 0 Å². The Morgan fingerprint density at radius 2 is 1.50 bits per heavy atom. The Hall–Kier alpha value is -0.870. The minimum Gasteiger partial charge on any atom is -0.481 e. The van der Waals surface area contributed by atoms with Gasteiger partial charge in [0.2, 0.25) is 0 Å². The molecule has 4 heteroatoms. The number of aliphatic hydroxyl groups is 2. The van der Waals surface area contributed by atoms with Crippen molar-refractivity contribution in [3.8, 4) is 0 Å². The van der Waals surface area contributed by atoms with Crippen molar-refractivity contribution >= 4 is 5.97 Å². The van der Waals surface area contributed by atoms with Crippen LogP contribution in [0.25, 0.3) is 0 Å². The van der Waals surface area contributed by atoms with Gasteiger partial charge in [0.05, 0.1) is 5.41 Å². The molecule has 34 heavy (non-hydrogen) atoms. The molecule has 5 rings (SSSR count). The lowest BCUT2D eigenvalue weighted by Gasteiger charge is -2.71. The van der Waals surface area contributed by atoms with Crippen molar-refractivity contribution in [1.29, 1.82) is 0 Å². The van der Waals surface area contributed by atoms with Crippen LogP contribution in [0, 0.1) is 50.2 Å². The average Bonchev–Trinajstić information content (AvgIpc) is 2.74. The minimum absolute atomic E-state index is 0.0791. The second kappa shape index (κ2) is 6.91. The van der Waals surface area contributed by atoms with E-state index in [2.05, 4.69) is 47.6 Å². The predicted octanol–water partition coefficient (Wildman–Crippen LogP) is 6.55. The fourth-order valence-electron chi connectivity index (χ4n) is 10.5. The van der Waals surface area contributed by atoms with Gasteiger partial charge < -0.3 is 15.3 Å². The minimum atomic E-state index is -1.61. The van der Waals surface area contributed by atoms with Gasteiger partial charge in [0.15, 0.2) is 5.79 Å². The van der Waals surface area contributed by atoms with E-state index in [1.165, 1.54) is 12.8 Å². The van der Waals surface area contributed by atoms with Crippen LogP contribution in [0.2, 0.25) is 0 Å². The molecule has 0 aromatic rings. The Kier molecular flexibility index (Phi) is 5.04. The highest BCUT2D eigenvalue weighted by atomic mass is 16.5. The third kappa shape index (κ3) is 2.82. The Morgan fingerprint density at radius 1 is 0.853 bits per heavy atom. The van der Waals surface area contributed by atoms with Crippen LogP contribution in [0.1, 0.15) is 113 Å². The standard InChI is InChI=1S/C30H48O4/c1-24(2)21-9-8-20-19(27(21,5)15-17-30(24,33)34)10-11-29(7)22-18-26(4,23(31)32)13-12-25(22,3)14-16-28(20,29)6/h8,19,21-22,33-34H,9-18H2,1-7H3,(H,31,32)/t19?,21?,22?,25-,26-,27-,28-,29+/m1/s1. The van der Waals surface area contributed by atoms with Gasteiger partial charge >= 0.3 is 5.97 Å². The number of carboxylic acid groups (broad SMARTS) is 1. The zero-order chi connectivity index (χ0) is 25.2. The number of carboxylic acids is 1. The van der Waals surface area contributed by atoms with Gasteiger partial charge in [0.25, 0.3) is 0 Å². The molecule has 4 saturated carbocycles. The molecule has 5 aliphatic rings. The molecule has 0 heterocycles. The Bertz CT molecular complexity index is 934. The van der Waals surface area contributed by atoms with E-state index in [1.807, 2.05) is 6.92 Å². The van der Waals surface area contributed by atoms with E-state index in [-0.39, 0.29) is 27.6 Å². The van der Waals surface area contributed by atoms with Gasteiger partial charge in [-0.05, 0) is 104 Å². The molecule has 0 amide bonds. The second-order valence-electron chi connectivity index (χ2n) is 15.1. The van der Waals surface area contributed by atoms with E-state index in [4.69, 9.17) is 0 Å². The first-order chi connectivity index (χ1) is 15.5. The first-order valence-electron chi connectivity index (χ1n) is 13.9. The van der Waals surface area contributed by atoms with Crippen LogP contribution in [0.5, 0.6) is 0 Å². The fourth-order valence-corrected chi connectivity index (χ4v) is 10.5. The van der Waals surface area contributed by atoms with E-state index in [0.717, 1.165) is 44.9 Å². The average molecular weight is 473 g/mol. The fraction of sp³-hybridized carbons (Fsp3) is 0.900. The number of fused-ring (bicyclic) bond motifs is 7. The third-order valence-corrected chi connectivity index (χ3v) is 13.5. The van der Waals surface area contributed by atoms with Crippen LogP contribution in [0.4, 0.5) is 0 Å². The lowest BCUT2D eigenvalue weighted by atomic mass is 9.33. The summed E-state index contributed by atoms with van der Waals surface area (Å²) in [5.41, 5.74) is 0.977. The van der Waals surface area contributed by atoms with Crippen LogP contribution in [-0.2, 0) is 4.79 Å². The number of rotatable bonds is 1.